The molecule has 4 heteroatoms. The Morgan fingerprint density at radius 2 is 2.42 bits per heavy atom. The van der Waals surface area contributed by atoms with Crippen LogP contribution < -0.4 is 5.32 Å². The fraction of sp³-hybridized carbons (Fsp3) is 0.533. The lowest BCUT2D eigenvalue weighted by molar-refractivity contribution is -0.126. The number of nitrogens with one attached hydrogen (secondary N) is 1. The molecule has 3 nitrogen and oxygen atoms in total. The van der Waals surface area contributed by atoms with Gasteiger partial charge in [-0.3, -0.25) is 4.79 Å². The molecule has 1 aromatic rings. The zero-order valence-corrected chi connectivity index (χ0v) is 11.9. The molecule has 102 valence electrons. The normalized spacial score (nSPS) is 21.8. The van der Waals surface area contributed by atoms with E-state index < -0.39 is 0 Å². The predicted octanol–water partition coefficient (Wildman–Crippen LogP) is 2.14. The van der Waals surface area contributed by atoms with Crippen LogP contribution >= 0.6 is 11.3 Å². The van der Waals surface area contributed by atoms with Gasteiger partial charge in [-0.2, -0.15) is 0 Å². The molecule has 0 radical (unpaired) electrons. The van der Waals surface area contributed by atoms with Crippen LogP contribution in [0.1, 0.15) is 36.6 Å². The summed E-state index contributed by atoms with van der Waals surface area (Å²) >= 11 is 1.59. The summed E-state index contributed by atoms with van der Waals surface area (Å²) in [5, 5.41) is 13.7. The first-order chi connectivity index (χ1) is 9.22. The van der Waals surface area contributed by atoms with Gasteiger partial charge in [0.15, 0.2) is 0 Å². The maximum atomic E-state index is 12.1. The summed E-state index contributed by atoms with van der Waals surface area (Å²) in [6.45, 7) is 2.55. The molecule has 2 rings (SSSR count). The van der Waals surface area contributed by atoms with Crippen molar-refractivity contribution in [1.29, 1.82) is 0 Å². The number of hydrogen-bond donors (Lipinski definition) is 2. The zero-order valence-electron chi connectivity index (χ0n) is 11.1. The molecule has 1 heterocycles. The first-order valence-electron chi connectivity index (χ1n) is 6.66. The van der Waals surface area contributed by atoms with Gasteiger partial charge in [-0.25, -0.2) is 0 Å². The zero-order chi connectivity index (χ0) is 13.7. The monoisotopic (exact) mass is 277 g/mol. The summed E-state index contributed by atoms with van der Waals surface area (Å²) in [6.07, 6.45) is 3.32. The third-order valence-electron chi connectivity index (χ3n) is 3.67. The summed E-state index contributed by atoms with van der Waals surface area (Å²) in [6, 6.07) is 1.92. The summed E-state index contributed by atoms with van der Waals surface area (Å²) in [4.78, 5) is 13.1. The molecule has 0 saturated heterocycles. The highest BCUT2D eigenvalue weighted by Gasteiger charge is 2.29. The van der Waals surface area contributed by atoms with E-state index in [1.54, 1.807) is 11.3 Å². The number of hydrogen-bond acceptors (Lipinski definition) is 3. The van der Waals surface area contributed by atoms with E-state index in [1.165, 1.54) is 0 Å². The Balaban J connectivity index is 1.92. The molecule has 0 spiro atoms. The lowest BCUT2D eigenvalue weighted by Crippen LogP contribution is -2.31. The van der Waals surface area contributed by atoms with Crippen LogP contribution in [0.2, 0.25) is 0 Å². The summed E-state index contributed by atoms with van der Waals surface area (Å²) < 4.78 is 0. The van der Waals surface area contributed by atoms with Gasteiger partial charge >= 0.3 is 0 Å². The molecule has 1 amide bonds. The minimum absolute atomic E-state index is 0.138. The highest BCUT2D eigenvalue weighted by Crippen LogP contribution is 2.31. The van der Waals surface area contributed by atoms with Gasteiger partial charge in [-0.15, -0.1) is 11.3 Å². The molecule has 2 N–H and O–H groups in total. The van der Waals surface area contributed by atoms with Gasteiger partial charge in [-0.05, 0) is 30.2 Å². The summed E-state index contributed by atoms with van der Waals surface area (Å²) in [7, 11) is 0. The average molecular weight is 277 g/mol. The molecule has 2 atom stereocenters. The topological polar surface area (TPSA) is 49.3 Å². The van der Waals surface area contributed by atoms with Crippen LogP contribution in [-0.2, 0) is 11.3 Å². The maximum absolute atomic E-state index is 12.1. The van der Waals surface area contributed by atoms with Crippen molar-refractivity contribution >= 4 is 17.2 Å². The van der Waals surface area contributed by atoms with Crippen molar-refractivity contribution in [1.82, 2.24) is 5.32 Å². The third kappa shape index (κ3) is 3.59. The lowest BCUT2D eigenvalue weighted by atomic mass is 9.97. The molecule has 0 aliphatic heterocycles. The van der Waals surface area contributed by atoms with Gasteiger partial charge in [0.05, 0.1) is 6.54 Å². The Morgan fingerprint density at radius 3 is 3.11 bits per heavy atom. The third-order valence-corrected chi connectivity index (χ3v) is 4.59. The molecule has 19 heavy (non-hydrogen) atoms. The lowest BCUT2D eigenvalue weighted by Gasteiger charge is -2.14. The van der Waals surface area contributed by atoms with Crippen molar-refractivity contribution in [2.45, 2.75) is 32.7 Å². The highest BCUT2D eigenvalue weighted by molar-refractivity contribution is 7.10. The highest BCUT2D eigenvalue weighted by atomic mass is 32.1. The number of thiophene rings is 1. The van der Waals surface area contributed by atoms with Crippen molar-refractivity contribution in [3.63, 3.8) is 0 Å². The minimum Gasteiger partial charge on any atom is -0.384 e. The standard InChI is InChI=1S/C15H19NO2S/c1-11-4-2-6-13(11)15(18)16-10-14-12(5-3-8-17)7-9-19-14/h7,9,11,13,17H,2,4,6,8,10H2,1H3,(H,16,18). The number of amides is 1. The van der Waals surface area contributed by atoms with E-state index in [0.717, 1.165) is 29.7 Å². The van der Waals surface area contributed by atoms with Gasteiger partial charge in [0.1, 0.15) is 6.61 Å². The largest absolute Gasteiger partial charge is 0.384 e. The molecular weight excluding hydrogens is 258 g/mol. The van der Waals surface area contributed by atoms with Crippen LogP contribution in [0.5, 0.6) is 0 Å². The van der Waals surface area contributed by atoms with Crippen molar-refractivity contribution in [3.05, 3.63) is 21.9 Å². The van der Waals surface area contributed by atoms with Crippen molar-refractivity contribution in [2.75, 3.05) is 6.61 Å². The van der Waals surface area contributed by atoms with E-state index in [4.69, 9.17) is 5.11 Å². The van der Waals surface area contributed by atoms with Crippen molar-refractivity contribution in [3.8, 4) is 11.8 Å². The van der Waals surface area contributed by atoms with Crippen LogP contribution in [0.25, 0.3) is 0 Å². The molecule has 0 bridgehead atoms. The number of rotatable bonds is 3. The molecule has 1 aliphatic rings. The van der Waals surface area contributed by atoms with Crippen LogP contribution in [-0.4, -0.2) is 17.6 Å². The Hall–Kier alpha value is -1.31. The van der Waals surface area contributed by atoms with Crippen LogP contribution in [0, 0.1) is 23.7 Å². The van der Waals surface area contributed by atoms with Gasteiger partial charge in [0, 0.05) is 16.4 Å². The van der Waals surface area contributed by atoms with Crippen molar-refractivity contribution < 1.29 is 9.90 Å². The second kappa shape index (κ2) is 6.74. The molecule has 2 unspecified atom stereocenters. The Kier molecular flexibility index (Phi) is 5.00. The first kappa shape index (κ1) is 14.1. The SMILES string of the molecule is CC1CCCC1C(=O)NCc1sccc1C#CCO. The van der Waals surface area contributed by atoms with Crippen molar-refractivity contribution in [2.24, 2.45) is 11.8 Å². The number of aliphatic hydroxyl groups is 1. The van der Waals surface area contributed by atoms with E-state index in [9.17, 15) is 4.79 Å². The van der Waals surface area contributed by atoms with E-state index in [0.29, 0.717) is 12.5 Å². The molecule has 0 aromatic carbocycles. The summed E-state index contributed by atoms with van der Waals surface area (Å²) in [5.74, 6) is 6.38. The number of aliphatic hydroxyl groups excluding tert-OH is 1. The van der Waals surface area contributed by atoms with Gasteiger partial charge in [0.2, 0.25) is 5.91 Å². The van der Waals surface area contributed by atoms with E-state index in [2.05, 4.69) is 24.1 Å². The van der Waals surface area contributed by atoms with Gasteiger partial charge in [-0.1, -0.05) is 25.2 Å². The van der Waals surface area contributed by atoms with Gasteiger partial charge in [0.25, 0.3) is 0 Å². The predicted molar refractivity (Wildman–Crippen MR) is 76.6 cm³/mol. The summed E-state index contributed by atoms with van der Waals surface area (Å²) in [5.41, 5.74) is 0.902. The maximum Gasteiger partial charge on any atom is 0.223 e. The number of carbonyl (C=O) groups is 1. The molecule has 1 fully saturated rings. The quantitative estimate of drug-likeness (QED) is 0.832. The molecule has 1 saturated carbocycles. The number of carbonyl (C=O) groups excluding carboxylic acids is 1. The van der Waals surface area contributed by atoms with Crippen LogP contribution in [0.3, 0.4) is 0 Å². The van der Waals surface area contributed by atoms with E-state index >= 15 is 0 Å². The average Bonchev–Trinajstić information content (AvgIpc) is 3.02. The molecule has 1 aromatic heterocycles. The van der Waals surface area contributed by atoms with E-state index in [-0.39, 0.29) is 18.4 Å². The Bertz CT molecular complexity index is 498. The van der Waals surface area contributed by atoms with Crippen LogP contribution in [0.4, 0.5) is 0 Å². The Morgan fingerprint density at radius 1 is 1.58 bits per heavy atom. The molecular formula is C15H19NO2S. The fourth-order valence-corrected chi connectivity index (χ4v) is 3.33. The van der Waals surface area contributed by atoms with Gasteiger partial charge < -0.3 is 10.4 Å². The Labute approximate surface area is 118 Å². The second-order valence-corrected chi connectivity index (χ2v) is 5.95. The smallest absolute Gasteiger partial charge is 0.223 e. The fourth-order valence-electron chi connectivity index (χ4n) is 2.56. The molecule has 1 aliphatic carbocycles. The second-order valence-electron chi connectivity index (χ2n) is 4.95. The minimum atomic E-state index is -0.138. The van der Waals surface area contributed by atoms with Crippen LogP contribution in [0.15, 0.2) is 11.4 Å². The van der Waals surface area contributed by atoms with E-state index in [1.807, 2.05) is 11.4 Å². The first-order valence-corrected chi connectivity index (χ1v) is 7.54.